The molecule has 0 aromatic carbocycles. The molecule has 3 rings (SSSR count). The third kappa shape index (κ3) is 0.864. The van der Waals surface area contributed by atoms with Crippen molar-refractivity contribution in [1.29, 1.82) is 0 Å². The molecule has 0 amide bonds. The summed E-state index contributed by atoms with van der Waals surface area (Å²) in [4.78, 5) is 22.3. The van der Waals surface area contributed by atoms with E-state index >= 15 is 0 Å². The van der Waals surface area contributed by atoms with Crippen molar-refractivity contribution in [2.24, 2.45) is 0 Å². The maximum absolute atomic E-state index is 11.1. The van der Waals surface area contributed by atoms with Gasteiger partial charge >= 0.3 is 18.5 Å². The topological polar surface area (TPSA) is 65.1 Å². The van der Waals surface area contributed by atoms with E-state index in [2.05, 4.69) is 0 Å². The molecule has 3 aliphatic rings. The van der Waals surface area contributed by atoms with Crippen LogP contribution in [0.15, 0.2) is 0 Å². The predicted molar refractivity (Wildman–Crippen MR) is 44.8 cm³/mol. The van der Waals surface area contributed by atoms with Crippen molar-refractivity contribution in [2.45, 2.75) is 31.9 Å². The van der Waals surface area contributed by atoms with Crippen LogP contribution >= 0.6 is 0 Å². The summed E-state index contributed by atoms with van der Waals surface area (Å²) in [5, 5.41) is 0. The molecular formula is C8H9BO5. The van der Waals surface area contributed by atoms with Gasteiger partial charge in [-0.15, -0.1) is 0 Å². The van der Waals surface area contributed by atoms with E-state index in [0.717, 1.165) is 5.82 Å². The Bertz CT molecular complexity index is 308. The van der Waals surface area contributed by atoms with Crippen molar-refractivity contribution in [2.75, 3.05) is 0 Å². The van der Waals surface area contributed by atoms with Crippen molar-refractivity contribution < 1.29 is 23.6 Å². The van der Waals surface area contributed by atoms with Crippen molar-refractivity contribution in [3.05, 3.63) is 5.82 Å². The molecule has 0 aliphatic carbocycles. The normalized spacial score (nSPS) is 37.9. The molecule has 6 heteroatoms. The van der Waals surface area contributed by atoms with E-state index in [1.54, 1.807) is 0 Å². The zero-order chi connectivity index (χ0) is 9.92. The Morgan fingerprint density at radius 1 is 1.29 bits per heavy atom. The lowest BCUT2D eigenvalue weighted by Crippen LogP contribution is -2.47. The summed E-state index contributed by atoms with van der Waals surface area (Å²) < 4.78 is 15.6. The first-order chi connectivity index (χ1) is 6.62. The number of ether oxygens (including phenoxy) is 1. The van der Waals surface area contributed by atoms with Gasteiger partial charge in [0.2, 0.25) is 0 Å². The second kappa shape index (κ2) is 2.25. The summed E-state index contributed by atoms with van der Waals surface area (Å²) in [6, 6.07) is -0.233. The van der Waals surface area contributed by atoms with Crippen LogP contribution in [0.4, 0.5) is 0 Å². The van der Waals surface area contributed by atoms with Crippen molar-refractivity contribution in [3.8, 4) is 0 Å². The van der Waals surface area contributed by atoms with Crippen molar-refractivity contribution in [3.63, 3.8) is 0 Å². The number of hydrogen-bond acceptors (Lipinski definition) is 5. The van der Waals surface area contributed by atoms with E-state index in [1.165, 1.54) is 0 Å². The monoisotopic (exact) mass is 196 g/mol. The first kappa shape index (κ1) is 8.17. The second-order valence-corrected chi connectivity index (χ2v) is 4.07. The van der Waals surface area contributed by atoms with E-state index in [-0.39, 0.29) is 36.9 Å². The Balaban J connectivity index is 1.93. The molecule has 0 unspecified atom stereocenters. The van der Waals surface area contributed by atoms with Crippen LogP contribution in [0.3, 0.4) is 0 Å². The predicted octanol–water partition coefficient (Wildman–Crippen LogP) is -0.237. The Morgan fingerprint density at radius 3 is 2.21 bits per heavy atom. The maximum atomic E-state index is 11.1. The lowest BCUT2D eigenvalue weighted by molar-refractivity contribution is -0.138. The summed E-state index contributed by atoms with van der Waals surface area (Å²) in [6.45, 7) is -0.0145. The summed E-state index contributed by atoms with van der Waals surface area (Å²) in [7, 11) is 0. The minimum Gasteiger partial charge on any atom is -0.612 e. The van der Waals surface area contributed by atoms with Gasteiger partial charge in [0.15, 0.2) is 0 Å². The summed E-state index contributed by atoms with van der Waals surface area (Å²) in [5.41, 5.74) is 0. The van der Waals surface area contributed by atoms with E-state index in [9.17, 15) is 9.59 Å². The number of epoxide rings is 1. The molecule has 0 bridgehead atoms. The smallest absolute Gasteiger partial charge is 0.589 e. The number of carbonyl (C=O) groups excluding carboxylic acids is 2. The van der Waals surface area contributed by atoms with Gasteiger partial charge in [0.1, 0.15) is 12.8 Å². The van der Waals surface area contributed by atoms with Crippen LogP contribution in [-0.4, -0.2) is 30.6 Å². The molecular weight excluding hydrogens is 187 g/mol. The van der Waals surface area contributed by atoms with Gasteiger partial charge in [0, 0.05) is 5.82 Å². The summed E-state index contributed by atoms with van der Waals surface area (Å²) in [6.07, 6.45) is 0.429. The molecule has 3 aliphatic heterocycles. The fourth-order valence-corrected chi connectivity index (χ4v) is 2.41. The highest BCUT2D eigenvalue weighted by molar-refractivity contribution is 6.81. The van der Waals surface area contributed by atoms with Crippen LogP contribution in [-0.2, 0) is 23.6 Å². The van der Waals surface area contributed by atoms with E-state index < -0.39 is 6.55 Å². The molecule has 0 saturated carbocycles. The van der Waals surface area contributed by atoms with Gasteiger partial charge in [-0.05, 0) is 6.92 Å². The lowest BCUT2D eigenvalue weighted by Gasteiger charge is -2.22. The zero-order valence-corrected chi connectivity index (χ0v) is 7.69. The average molecular weight is 196 g/mol. The fourth-order valence-electron chi connectivity index (χ4n) is 2.41. The maximum Gasteiger partial charge on any atom is 0.589 e. The fraction of sp³-hybridized carbons (Fsp3) is 0.625. The minimum absolute atomic E-state index is 0.0156. The van der Waals surface area contributed by atoms with Crippen LogP contribution in [0.25, 0.3) is 0 Å². The van der Waals surface area contributed by atoms with E-state index in [0.29, 0.717) is 0 Å². The third-order valence-corrected chi connectivity index (χ3v) is 3.12. The number of rotatable bonds is 1. The molecule has 2 atom stereocenters. The second-order valence-electron chi connectivity index (χ2n) is 4.07. The molecule has 5 nitrogen and oxygen atoms in total. The molecule has 3 heterocycles. The molecule has 3 fully saturated rings. The number of fused-ring (bicyclic) bond motifs is 1. The van der Waals surface area contributed by atoms with Gasteiger partial charge in [0.25, 0.3) is 0 Å². The Labute approximate surface area is 80.7 Å². The Hall–Kier alpha value is -1.17. The van der Waals surface area contributed by atoms with Gasteiger partial charge in [-0.1, -0.05) is 0 Å². The molecule has 0 aromatic heterocycles. The molecule has 0 aromatic rings. The summed E-state index contributed by atoms with van der Waals surface area (Å²) >= 11 is 0. The Morgan fingerprint density at radius 2 is 1.79 bits per heavy atom. The molecule has 74 valence electrons. The number of hydrogen-bond donors (Lipinski definition) is 0. The number of carbonyl (C=O) groups is 2. The summed E-state index contributed by atoms with van der Waals surface area (Å²) in [5.74, 6) is 0.153. The molecule has 0 N–H and O–H groups in total. The van der Waals surface area contributed by atoms with E-state index in [4.69, 9.17) is 14.0 Å². The van der Waals surface area contributed by atoms with Crippen LogP contribution < -0.4 is 0 Å². The quantitative estimate of drug-likeness (QED) is 0.329. The average Bonchev–Trinajstić information content (AvgIpc) is 2.61. The van der Waals surface area contributed by atoms with Gasteiger partial charge < -0.3 is 14.0 Å². The zero-order valence-electron chi connectivity index (χ0n) is 7.69. The molecule has 0 spiro atoms. The minimum atomic E-state index is -1.89. The van der Waals surface area contributed by atoms with Crippen LogP contribution in [0.2, 0.25) is 0 Å². The third-order valence-electron chi connectivity index (χ3n) is 3.12. The van der Waals surface area contributed by atoms with Crippen molar-refractivity contribution >= 4 is 18.5 Å². The first-order valence-electron chi connectivity index (χ1n) is 4.71. The lowest BCUT2D eigenvalue weighted by atomic mass is 9.45. The standard InChI is InChI=1S/C8H9BO5/c1-4-8(12-4)9-5(2-6(10)13-9)3-7(11)14-9/h4,8H,2-3H2,1H3/t4-,8+/m0/s1. The van der Waals surface area contributed by atoms with Gasteiger partial charge in [-0.3, -0.25) is 9.59 Å². The molecule has 3 saturated heterocycles. The van der Waals surface area contributed by atoms with Crippen LogP contribution in [0, 0.1) is 5.82 Å². The first-order valence-corrected chi connectivity index (χ1v) is 4.71. The van der Waals surface area contributed by atoms with Crippen LogP contribution in [0.5, 0.6) is 0 Å². The van der Waals surface area contributed by atoms with Crippen LogP contribution in [0.1, 0.15) is 19.8 Å². The SMILES string of the molecule is C[C@@H]1O[C@H]1[B-]12OC(=O)C[C+]1CC(=O)O2. The highest BCUT2D eigenvalue weighted by atomic mass is 16.7. The molecule has 14 heavy (non-hydrogen) atoms. The largest absolute Gasteiger partial charge is 0.612 e. The van der Waals surface area contributed by atoms with Gasteiger partial charge in [0.05, 0.1) is 12.1 Å². The van der Waals surface area contributed by atoms with E-state index in [1.807, 2.05) is 6.92 Å². The van der Waals surface area contributed by atoms with Gasteiger partial charge in [-0.25, -0.2) is 0 Å². The highest BCUT2D eigenvalue weighted by Crippen LogP contribution is 2.48. The van der Waals surface area contributed by atoms with Gasteiger partial charge in [-0.2, -0.15) is 0 Å². The van der Waals surface area contributed by atoms with Crippen molar-refractivity contribution in [1.82, 2.24) is 0 Å². The molecule has 0 radical (unpaired) electrons. The Kier molecular flexibility index (Phi) is 1.31. The highest BCUT2D eigenvalue weighted by Gasteiger charge is 2.74.